The Bertz CT molecular complexity index is 962. The molecule has 0 fully saturated rings. The predicted molar refractivity (Wildman–Crippen MR) is 84.3 cm³/mol. The summed E-state index contributed by atoms with van der Waals surface area (Å²) in [6.45, 7) is 1.96. The Morgan fingerprint density at radius 3 is 2.96 bits per heavy atom. The molecule has 0 bridgehead atoms. The molecule has 0 N–H and O–H groups in total. The Labute approximate surface area is 135 Å². The summed E-state index contributed by atoms with van der Waals surface area (Å²) in [7, 11) is 0. The zero-order chi connectivity index (χ0) is 16.4. The van der Waals surface area contributed by atoms with E-state index in [1.54, 1.807) is 29.8 Å². The number of Topliss-reactive ketones (excluding diaryl/α,β-unsaturated/α-hetero) is 1. The molecule has 3 aromatic heterocycles. The molecule has 23 heavy (non-hydrogen) atoms. The van der Waals surface area contributed by atoms with Crippen LogP contribution in [0.25, 0.3) is 5.65 Å². The number of ketones is 1. The molecule has 3 rings (SSSR count). The van der Waals surface area contributed by atoms with E-state index in [9.17, 15) is 14.9 Å². The zero-order valence-corrected chi connectivity index (χ0v) is 13.2. The smallest absolute Gasteiger partial charge is 0.298 e. The summed E-state index contributed by atoms with van der Waals surface area (Å²) in [6.07, 6.45) is 1.68. The number of pyridine rings is 1. The Hall–Kier alpha value is -2.79. The van der Waals surface area contributed by atoms with Crippen LogP contribution in [0.1, 0.15) is 23.0 Å². The normalized spacial score (nSPS) is 12.2. The number of nitrogens with zero attached hydrogens (tertiary/aromatic N) is 5. The van der Waals surface area contributed by atoms with Crippen LogP contribution in [0.3, 0.4) is 0 Å². The number of rotatable bonds is 5. The van der Waals surface area contributed by atoms with Crippen LogP contribution in [-0.4, -0.2) is 24.9 Å². The summed E-state index contributed by atoms with van der Waals surface area (Å²) in [5.74, 6) is -1.15. The molecule has 0 aliphatic rings. The molecule has 0 saturated heterocycles. The molecule has 8 heteroatoms. The maximum absolute atomic E-state index is 12.3. The van der Waals surface area contributed by atoms with Crippen molar-refractivity contribution < 1.29 is 4.79 Å². The van der Waals surface area contributed by atoms with Crippen LogP contribution in [0, 0.1) is 18.3 Å². The van der Waals surface area contributed by atoms with E-state index in [0.29, 0.717) is 10.7 Å². The Kier molecular flexibility index (Phi) is 4.04. The second kappa shape index (κ2) is 6.14. The lowest BCUT2D eigenvalue weighted by Gasteiger charge is -2.04. The number of nitriles is 1. The second-order valence-corrected chi connectivity index (χ2v) is 5.93. The summed E-state index contributed by atoms with van der Waals surface area (Å²) in [6, 6.07) is 7.24. The summed E-state index contributed by atoms with van der Waals surface area (Å²) < 4.78 is 2.66. The molecule has 3 aromatic rings. The summed E-state index contributed by atoms with van der Waals surface area (Å²) in [5, 5.41) is 15.7. The first kappa shape index (κ1) is 15.1. The van der Waals surface area contributed by atoms with Crippen molar-refractivity contribution in [1.82, 2.24) is 19.2 Å². The number of carbonyl (C=O) groups is 1. The largest absolute Gasteiger partial charge is 0.350 e. The van der Waals surface area contributed by atoms with E-state index in [4.69, 9.17) is 0 Å². The Morgan fingerprint density at radius 1 is 1.48 bits per heavy atom. The molecule has 0 radical (unpaired) electrons. The fourth-order valence-corrected chi connectivity index (χ4v) is 3.10. The maximum Gasteiger partial charge on any atom is 0.350 e. The van der Waals surface area contributed by atoms with Crippen LogP contribution in [0.2, 0.25) is 0 Å². The number of aryl methyl sites for hydroxylation is 2. The third-order valence-electron chi connectivity index (χ3n) is 3.39. The van der Waals surface area contributed by atoms with Gasteiger partial charge >= 0.3 is 5.69 Å². The number of thiazole rings is 1. The Balaban J connectivity index is 1.76. The fourth-order valence-electron chi connectivity index (χ4n) is 2.24. The van der Waals surface area contributed by atoms with E-state index in [-0.39, 0.29) is 24.4 Å². The lowest BCUT2D eigenvalue weighted by atomic mass is 10.0. The molecule has 0 saturated carbocycles. The summed E-state index contributed by atoms with van der Waals surface area (Å²) >= 11 is 1.30. The summed E-state index contributed by atoms with van der Waals surface area (Å²) in [4.78, 5) is 28.6. The monoisotopic (exact) mass is 327 g/mol. The van der Waals surface area contributed by atoms with Gasteiger partial charge in [0.1, 0.15) is 5.01 Å². The van der Waals surface area contributed by atoms with Gasteiger partial charge in [0, 0.05) is 23.7 Å². The van der Waals surface area contributed by atoms with Crippen LogP contribution in [0.15, 0.2) is 34.6 Å². The van der Waals surface area contributed by atoms with Crippen molar-refractivity contribution in [2.24, 2.45) is 0 Å². The van der Waals surface area contributed by atoms with E-state index in [0.717, 1.165) is 5.69 Å². The van der Waals surface area contributed by atoms with Crippen LogP contribution in [-0.2, 0) is 11.3 Å². The number of carbonyl (C=O) groups excluding carboxylic acids is 1. The highest BCUT2D eigenvalue weighted by Crippen LogP contribution is 2.21. The van der Waals surface area contributed by atoms with Crippen LogP contribution < -0.4 is 5.69 Å². The molecule has 116 valence electrons. The van der Waals surface area contributed by atoms with Gasteiger partial charge in [-0.1, -0.05) is 6.07 Å². The molecule has 7 nitrogen and oxygen atoms in total. The number of aromatic nitrogens is 4. The average Bonchev–Trinajstić information content (AvgIpc) is 3.11. The lowest BCUT2D eigenvalue weighted by molar-refractivity contribution is -0.119. The van der Waals surface area contributed by atoms with E-state index < -0.39 is 5.92 Å². The first-order chi connectivity index (χ1) is 11.1. The maximum atomic E-state index is 12.3. The summed E-state index contributed by atoms with van der Waals surface area (Å²) in [5.41, 5.74) is 1.01. The van der Waals surface area contributed by atoms with Crippen molar-refractivity contribution in [3.05, 3.63) is 51.0 Å². The van der Waals surface area contributed by atoms with Gasteiger partial charge in [-0.25, -0.2) is 14.5 Å². The van der Waals surface area contributed by atoms with Gasteiger partial charge in [0.15, 0.2) is 17.3 Å². The van der Waals surface area contributed by atoms with Crippen molar-refractivity contribution in [1.29, 1.82) is 5.26 Å². The highest BCUT2D eigenvalue weighted by molar-refractivity contribution is 7.09. The number of hydrogen-bond donors (Lipinski definition) is 0. The Morgan fingerprint density at radius 2 is 2.30 bits per heavy atom. The van der Waals surface area contributed by atoms with Gasteiger partial charge in [0.05, 0.1) is 12.6 Å². The molecular weight excluding hydrogens is 314 g/mol. The van der Waals surface area contributed by atoms with Gasteiger partial charge in [-0.05, 0) is 19.1 Å². The molecule has 0 aliphatic carbocycles. The molecule has 0 amide bonds. The van der Waals surface area contributed by atoms with Gasteiger partial charge in [0.2, 0.25) is 0 Å². The first-order valence-corrected chi connectivity index (χ1v) is 7.86. The molecule has 0 unspecified atom stereocenters. The van der Waals surface area contributed by atoms with Gasteiger partial charge in [-0.2, -0.15) is 5.26 Å². The predicted octanol–water partition coefficient (Wildman–Crippen LogP) is 1.53. The van der Waals surface area contributed by atoms with Crippen LogP contribution >= 0.6 is 11.3 Å². The molecule has 1 atom stereocenters. The third kappa shape index (κ3) is 2.91. The minimum atomic E-state index is -0.888. The average molecular weight is 327 g/mol. The van der Waals surface area contributed by atoms with Gasteiger partial charge in [-0.15, -0.1) is 16.4 Å². The van der Waals surface area contributed by atoms with Crippen molar-refractivity contribution in [3.8, 4) is 6.07 Å². The van der Waals surface area contributed by atoms with Gasteiger partial charge < -0.3 is 0 Å². The van der Waals surface area contributed by atoms with Gasteiger partial charge in [0.25, 0.3) is 0 Å². The minimum Gasteiger partial charge on any atom is -0.298 e. The highest BCUT2D eigenvalue weighted by atomic mass is 32.1. The van der Waals surface area contributed by atoms with Crippen LogP contribution in [0.5, 0.6) is 0 Å². The zero-order valence-electron chi connectivity index (χ0n) is 12.3. The molecular formula is C15H13N5O2S. The van der Waals surface area contributed by atoms with E-state index in [1.807, 2.05) is 13.0 Å². The number of fused-ring (bicyclic) bond motifs is 1. The van der Waals surface area contributed by atoms with E-state index >= 15 is 0 Å². The molecule has 0 aromatic carbocycles. The SMILES string of the molecule is Cc1csc([C@H](C#N)C(=O)CCn2nc3ccccn3c2=O)n1. The van der Waals surface area contributed by atoms with E-state index in [2.05, 4.69) is 10.1 Å². The van der Waals surface area contributed by atoms with Crippen molar-refractivity contribution in [3.63, 3.8) is 0 Å². The first-order valence-electron chi connectivity index (χ1n) is 6.98. The quantitative estimate of drug-likeness (QED) is 0.708. The fraction of sp³-hybridized carbons (Fsp3) is 0.267. The topological polar surface area (TPSA) is 93.0 Å². The number of hydrogen-bond acceptors (Lipinski definition) is 6. The highest BCUT2D eigenvalue weighted by Gasteiger charge is 2.23. The van der Waals surface area contributed by atoms with Crippen LogP contribution in [0.4, 0.5) is 0 Å². The molecule has 0 aliphatic heterocycles. The van der Waals surface area contributed by atoms with Crippen molar-refractivity contribution in [2.45, 2.75) is 25.8 Å². The van der Waals surface area contributed by atoms with Gasteiger partial charge in [-0.3, -0.25) is 9.20 Å². The minimum absolute atomic E-state index is 0.0562. The molecule has 0 spiro atoms. The molecule has 3 heterocycles. The standard InChI is InChI=1S/C15H13N5O2S/c1-10-9-23-14(17-10)11(8-16)12(21)5-7-20-15(22)19-6-3-2-4-13(19)18-20/h2-4,6,9,11H,5,7H2,1H3/t11-/m1/s1. The van der Waals surface area contributed by atoms with Crippen molar-refractivity contribution in [2.75, 3.05) is 0 Å². The lowest BCUT2D eigenvalue weighted by Crippen LogP contribution is -2.23. The van der Waals surface area contributed by atoms with Crippen molar-refractivity contribution >= 4 is 22.8 Å². The van der Waals surface area contributed by atoms with E-state index in [1.165, 1.54) is 20.4 Å². The third-order valence-corrected chi connectivity index (χ3v) is 4.42. The second-order valence-electron chi connectivity index (χ2n) is 5.04.